The predicted molar refractivity (Wildman–Crippen MR) is 95.5 cm³/mol. The topological polar surface area (TPSA) is 84.7 Å². The lowest BCUT2D eigenvalue weighted by Gasteiger charge is -2.32. The van der Waals surface area contributed by atoms with E-state index in [0.29, 0.717) is 38.2 Å². The molecule has 0 unspecified atom stereocenters. The van der Waals surface area contributed by atoms with Gasteiger partial charge >= 0.3 is 0 Å². The zero-order valence-electron chi connectivity index (χ0n) is 13.6. The van der Waals surface area contributed by atoms with E-state index in [0.717, 1.165) is 25.1 Å². The molecule has 0 aliphatic carbocycles. The minimum Gasteiger partial charge on any atom is -0.381 e. The number of nitrogens with one attached hydrogen (secondary N) is 1. The zero-order valence-corrected chi connectivity index (χ0v) is 14.4. The zero-order chi connectivity index (χ0) is 16.3. The number of carbonyl (C=O) groups excluding carboxylic acids is 2. The van der Waals surface area contributed by atoms with Crippen LogP contribution in [0.25, 0.3) is 0 Å². The van der Waals surface area contributed by atoms with Crippen molar-refractivity contribution in [2.75, 3.05) is 30.0 Å². The molecular weight excluding hydrogens is 330 g/mol. The van der Waals surface area contributed by atoms with Crippen molar-refractivity contribution < 1.29 is 14.3 Å². The number of anilines is 2. The molecule has 2 aliphatic rings. The Bertz CT molecular complexity index is 602. The number of amides is 2. The number of carbonyl (C=O) groups is 2. The summed E-state index contributed by atoms with van der Waals surface area (Å²) in [6, 6.07) is 7.40. The lowest BCUT2D eigenvalue weighted by atomic mass is 9.90. The highest BCUT2D eigenvalue weighted by Crippen LogP contribution is 2.25. The average Bonchev–Trinajstić information content (AvgIpc) is 2.56. The third kappa shape index (κ3) is 4.06. The van der Waals surface area contributed by atoms with Crippen LogP contribution in [0.3, 0.4) is 0 Å². The van der Waals surface area contributed by atoms with E-state index in [9.17, 15) is 9.59 Å². The van der Waals surface area contributed by atoms with Crippen LogP contribution in [0.2, 0.25) is 0 Å². The molecule has 0 bridgehead atoms. The minimum absolute atomic E-state index is 0. The van der Waals surface area contributed by atoms with Crippen molar-refractivity contribution in [1.82, 2.24) is 0 Å². The fourth-order valence-electron chi connectivity index (χ4n) is 3.05. The summed E-state index contributed by atoms with van der Waals surface area (Å²) in [7, 11) is 0. The first-order valence-electron chi connectivity index (χ1n) is 8.17. The molecule has 2 aliphatic heterocycles. The summed E-state index contributed by atoms with van der Waals surface area (Å²) in [5, 5.41) is 2.89. The van der Waals surface area contributed by atoms with Gasteiger partial charge in [-0.25, -0.2) is 0 Å². The molecule has 24 heavy (non-hydrogen) atoms. The molecule has 3 rings (SSSR count). The van der Waals surface area contributed by atoms with Crippen molar-refractivity contribution in [3.8, 4) is 0 Å². The van der Waals surface area contributed by atoms with Crippen LogP contribution < -0.4 is 16.0 Å². The first kappa shape index (κ1) is 18.7. The van der Waals surface area contributed by atoms with Crippen molar-refractivity contribution in [3.05, 3.63) is 24.3 Å². The number of rotatable bonds is 3. The number of piperidine rings is 1. The Morgan fingerprint density at radius 1 is 1.25 bits per heavy atom. The van der Waals surface area contributed by atoms with Crippen LogP contribution in [0.5, 0.6) is 0 Å². The molecule has 1 aromatic carbocycles. The lowest BCUT2D eigenvalue weighted by molar-refractivity contribution is -0.124. The molecule has 0 aromatic heterocycles. The van der Waals surface area contributed by atoms with E-state index in [-0.39, 0.29) is 24.2 Å². The number of benzene rings is 1. The highest BCUT2D eigenvalue weighted by Gasteiger charge is 2.36. The first-order valence-corrected chi connectivity index (χ1v) is 8.17. The summed E-state index contributed by atoms with van der Waals surface area (Å²) in [6.45, 7) is 1.74. The van der Waals surface area contributed by atoms with E-state index in [2.05, 4.69) is 5.32 Å². The SMILES string of the molecule is Cl.NC1(C(=O)Nc2cccc(N3CCCCC3=O)c2)CCOCC1. The van der Waals surface area contributed by atoms with Crippen LogP contribution in [0.15, 0.2) is 24.3 Å². The monoisotopic (exact) mass is 353 g/mol. The van der Waals surface area contributed by atoms with Crippen LogP contribution in [0.4, 0.5) is 11.4 Å². The van der Waals surface area contributed by atoms with Crippen LogP contribution >= 0.6 is 12.4 Å². The highest BCUT2D eigenvalue weighted by molar-refractivity contribution is 5.99. The molecule has 0 radical (unpaired) electrons. The second-order valence-electron chi connectivity index (χ2n) is 6.28. The Kier molecular flexibility index (Phi) is 6.21. The number of hydrogen-bond donors (Lipinski definition) is 2. The minimum atomic E-state index is -0.880. The first-order chi connectivity index (χ1) is 11.1. The van der Waals surface area contributed by atoms with Crippen molar-refractivity contribution >= 4 is 35.6 Å². The Labute approximate surface area is 148 Å². The molecule has 0 saturated carbocycles. The Morgan fingerprint density at radius 3 is 2.71 bits per heavy atom. The molecule has 132 valence electrons. The fourth-order valence-corrected chi connectivity index (χ4v) is 3.05. The number of hydrogen-bond acceptors (Lipinski definition) is 4. The van der Waals surface area contributed by atoms with Crippen LogP contribution in [-0.2, 0) is 14.3 Å². The molecule has 2 saturated heterocycles. The summed E-state index contributed by atoms with van der Waals surface area (Å²) in [5.41, 5.74) is 6.81. The van der Waals surface area contributed by atoms with Crippen molar-refractivity contribution in [3.63, 3.8) is 0 Å². The maximum atomic E-state index is 12.5. The maximum absolute atomic E-state index is 12.5. The van der Waals surface area contributed by atoms with Gasteiger partial charge in [0.25, 0.3) is 0 Å². The lowest BCUT2D eigenvalue weighted by Crippen LogP contribution is -2.54. The second-order valence-corrected chi connectivity index (χ2v) is 6.28. The van der Waals surface area contributed by atoms with E-state index in [1.807, 2.05) is 24.3 Å². The molecule has 0 atom stereocenters. The van der Waals surface area contributed by atoms with Gasteiger partial charge in [0.2, 0.25) is 11.8 Å². The molecule has 2 heterocycles. The van der Waals surface area contributed by atoms with Gasteiger partial charge in [-0.05, 0) is 43.9 Å². The molecule has 2 fully saturated rings. The quantitative estimate of drug-likeness (QED) is 0.871. The van der Waals surface area contributed by atoms with E-state index >= 15 is 0 Å². The molecular formula is C17H24ClN3O3. The Balaban J connectivity index is 0.00000208. The van der Waals surface area contributed by atoms with Gasteiger partial charge in [-0.1, -0.05) is 6.07 Å². The normalized spacial score (nSPS) is 20.2. The van der Waals surface area contributed by atoms with Gasteiger partial charge in [-0.2, -0.15) is 0 Å². The Hall–Kier alpha value is -1.63. The van der Waals surface area contributed by atoms with Gasteiger partial charge in [0.15, 0.2) is 0 Å². The van der Waals surface area contributed by atoms with Gasteiger partial charge in [0.1, 0.15) is 5.54 Å². The molecule has 0 spiro atoms. The van der Waals surface area contributed by atoms with Crippen LogP contribution in [0.1, 0.15) is 32.1 Å². The van der Waals surface area contributed by atoms with Gasteiger partial charge in [0, 0.05) is 37.6 Å². The summed E-state index contributed by atoms with van der Waals surface area (Å²) < 4.78 is 5.27. The second kappa shape index (κ2) is 7.96. The van der Waals surface area contributed by atoms with Gasteiger partial charge in [0.05, 0.1) is 0 Å². The number of nitrogens with two attached hydrogens (primary N) is 1. The van der Waals surface area contributed by atoms with Crippen LogP contribution in [0, 0.1) is 0 Å². The third-order valence-electron chi connectivity index (χ3n) is 4.58. The third-order valence-corrected chi connectivity index (χ3v) is 4.58. The standard InChI is InChI=1S/C17H23N3O3.ClH/c18-17(7-10-23-11-8-17)16(22)19-13-4-3-5-14(12-13)20-9-2-1-6-15(20)21;/h3-5,12H,1-2,6-11,18H2,(H,19,22);1H. The molecule has 6 nitrogen and oxygen atoms in total. The molecule has 1 aromatic rings. The fraction of sp³-hybridized carbons (Fsp3) is 0.529. The molecule has 2 amide bonds. The van der Waals surface area contributed by atoms with Crippen molar-refractivity contribution in [2.24, 2.45) is 5.73 Å². The maximum Gasteiger partial charge on any atom is 0.244 e. The van der Waals surface area contributed by atoms with E-state index in [1.54, 1.807) is 4.90 Å². The van der Waals surface area contributed by atoms with E-state index in [1.165, 1.54) is 0 Å². The van der Waals surface area contributed by atoms with Crippen molar-refractivity contribution in [1.29, 1.82) is 0 Å². The van der Waals surface area contributed by atoms with Gasteiger partial charge < -0.3 is 20.7 Å². The van der Waals surface area contributed by atoms with Crippen molar-refractivity contribution in [2.45, 2.75) is 37.6 Å². The largest absolute Gasteiger partial charge is 0.381 e. The van der Waals surface area contributed by atoms with E-state index in [4.69, 9.17) is 10.5 Å². The number of nitrogens with zero attached hydrogens (tertiary/aromatic N) is 1. The highest BCUT2D eigenvalue weighted by atomic mass is 35.5. The van der Waals surface area contributed by atoms with Gasteiger partial charge in [-0.15, -0.1) is 12.4 Å². The predicted octanol–water partition coefficient (Wildman–Crippen LogP) is 2.07. The summed E-state index contributed by atoms with van der Waals surface area (Å²) in [6.07, 6.45) is 3.58. The smallest absolute Gasteiger partial charge is 0.244 e. The number of ether oxygens (including phenoxy) is 1. The summed E-state index contributed by atoms with van der Waals surface area (Å²) in [5.74, 6) is -0.0534. The number of halogens is 1. The average molecular weight is 354 g/mol. The van der Waals surface area contributed by atoms with Gasteiger partial charge in [-0.3, -0.25) is 9.59 Å². The molecule has 7 heteroatoms. The summed E-state index contributed by atoms with van der Waals surface area (Å²) in [4.78, 5) is 26.3. The van der Waals surface area contributed by atoms with Crippen LogP contribution in [-0.4, -0.2) is 37.1 Å². The molecule has 3 N–H and O–H groups in total. The Morgan fingerprint density at radius 2 is 2.00 bits per heavy atom. The van der Waals surface area contributed by atoms with E-state index < -0.39 is 5.54 Å². The summed E-state index contributed by atoms with van der Waals surface area (Å²) >= 11 is 0.